The molecule has 0 radical (unpaired) electrons. The van der Waals surface area contributed by atoms with Crippen LogP contribution in [0.5, 0.6) is 0 Å². The van der Waals surface area contributed by atoms with Crippen molar-refractivity contribution in [2.75, 3.05) is 24.3 Å². The molecule has 0 aliphatic carbocycles. The molecule has 9 nitrogen and oxygen atoms in total. The lowest BCUT2D eigenvalue weighted by Crippen LogP contribution is -2.25. The van der Waals surface area contributed by atoms with Gasteiger partial charge in [0.1, 0.15) is 0 Å². The number of nitrogens with one attached hydrogen (secondary N) is 2. The number of hydrogen-bond acceptors (Lipinski definition) is 7. The topological polar surface area (TPSA) is 115 Å². The Kier molecular flexibility index (Phi) is 6.88. The highest BCUT2D eigenvalue weighted by molar-refractivity contribution is 7.99. The Morgan fingerprint density at radius 2 is 2.25 bits per heavy atom. The van der Waals surface area contributed by atoms with Gasteiger partial charge in [-0.2, -0.15) is 0 Å². The smallest absolute Gasteiger partial charge is 0.344 e. The summed E-state index contributed by atoms with van der Waals surface area (Å²) in [7, 11) is 0. The van der Waals surface area contributed by atoms with E-state index >= 15 is 0 Å². The molecule has 3 rings (SSSR count). The summed E-state index contributed by atoms with van der Waals surface area (Å²) in [6, 6.07) is 6.65. The van der Waals surface area contributed by atoms with E-state index in [1.54, 1.807) is 31.2 Å². The minimum absolute atomic E-state index is 0.0140. The lowest BCUT2D eigenvalue weighted by atomic mass is 10.2. The number of hydrogen-bond donors (Lipinski definition) is 2. The number of carbonyl (C=O) groups is 2. The van der Waals surface area contributed by atoms with Gasteiger partial charge in [-0.3, -0.25) is 9.36 Å². The largest absolute Gasteiger partial charge is 0.462 e. The van der Waals surface area contributed by atoms with E-state index in [9.17, 15) is 14.4 Å². The van der Waals surface area contributed by atoms with Gasteiger partial charge in [0.15, 0.2) is 5.16 Å². The third-order valence-corrected chi connectivity index (χ3v) is 5.14. The van der Waals surface area contributed by atoms with Gasteiger partial charge in [0.2, 0.25) is 5.91 Å². The number of aromatic amines is 1. The molecule has 2 heterocycles. The summed E-state index contributed by atoms with van der Waals surface area (Å²) >= 11 is 1.14. The summed E-state index contributed by atoms with van der Waals surface area (Å²) in [5.74, 6) is -0.780. The molecule has 1 fully saturated rings. The van der Waals surface area contributed by atoms with Crippen molar-refractivity contribution in [3.05, 3.63) is 40.3 Å². The highest BCUT2D eigenvalue weighted by Crippen LogP contribution is 2.20. The van der Waals surface area contributed by atoms with E-state index in [1.165, 1.54) is 4.57 Å². The normalized spacial score (nSPS) is 16.1. The highest BCUT2D eigenvalue weighted by atomic mass is 32.2. The minimum atomic E-state index is -0.497. The molecule has 150 valence electrons. The van der Waals surface area contributed by atoms with Crippen LogP contribution in [0.25, 0.3) is 0 Å². The van der Waals surface area contributed by atoms with Crippen molar-refractivity contribution in [3.63, 3.8) is 0 Å². The number of ether oxygens (including phenoxy) is 2. The second-order valence-electron chi connectivity index (χ2n) is 6.16. The molecule has 1 saturated heterocycles. The number of nitrogens with zero attached hydrogens (tertiary/aromatic N) is 2. The molecule has 2 N–H and O–H groups in total. The number of rotatable bonds is 8. The van der Waals surface area contributed by atoms with Crippen molar-refractivity contribution < 1.29 is 19.1 Å². The summed E-state index contributed by atoms with van der Waals surface area (Å²) in [5.41, 5.74) is 0.342. The minimum Gasteiger partial charge on any atom is -0.462 e. The maximum absolute atomic E-state index is 12.3. The molecule has 1 atom stereocenters. The number of H-pyrrole nitrogens is 1. The van der Waals surface area contributed by atoms with Crippen LogP contribution in [0.2, 0.25) is 0 Å². The summed E-state index contributed by atoms with van der Waals surface area (Å²) in [6.07, 6.45) is 1.86. The van der Waals surface area contributed by atoms with Gasteiger partial charge in [-0.25, -0.2) is 14.7 Å². The van der Waals surface area contributed by atoms with E-state index in [0.29, 0.717) is 24.0 Å². The van der Waals surface area contributed by atoms with Crippen LogP contribution in [0.15, 0.2) is 34.2 Å². The van der Waals surface area contributed by atoms with Crippen LogP contribution in [-0.4, -0.2) is 51.7 Å². The van der Waals surface area contributed by atoms with Crippen LogP contribution in [0, 0.1) is 0 Å². The van der Waals surface area contributed by atoms with Gasteiger partial charge < -0.3 is 14.8 Å². The fraction of sp³-hybridized carbons (Fsp3) is 0.444. The van der Waals surface area contributed by atoms with Crippen molar-refractivity contribution >= 4 is 29.3 Å². The first-order valence-electron chi connectivity index (χ1n) is 9.04. The number of para-hydroxylation sites is 1. The molecule has 1 aliphatic heterocycles. The van der Waals surface area contributed by atoms with E-state index in [-0.39, 0.29) is 35.6 Å². The van der Waals surface area contributed by atoms with Crippen molar-refractivity contribution in [2.45, 2.75) is 37.6 Å². The Labute approximate surface area is 165 Å². The van der Waals surface area contributed by atoms with Crippen LogP contribution in [0.4, 0.5) is 5.69 Å². The predicted octanol–water partition coefficient (Wildman–Crippen LogP) is 1.66. The number of carbonyl (C=O) groups excluding carboxylic acids is 2. The van der Waals surface area contributed by atoms with Crippen LogP contribution in [-0.2, 0) is 20.8 Å². The quantitative estimate of drug-likeness (QED) is 0.506. The first-order chi connectivity index (χ1) is 13.6. The van der Waals surface area contributed by atoms with Gasteiger partial charge >= 0.3 is 11.7 Å². The van der Waals surface area contributed by atoms with Gasteiger partial charge in [0.25, 0.3) is 0 Å². The average molecular weight is 406 g/mol. The monoisotopic (exact) mass is 406 g/mol. The molecule has 2 aromatic rings. The first-order valence-corrected chi connectivity index (χ1v) is 10.0. The molecule has 0 saturated carbocycles. The van der Waals surface area contributed by atoms with Gasteiger partial charge in [-0.15, -0.1) is 5.10 Å². The molecule has 1 aliphatic rings. The van der Waals surface area contributed by atoms with Crippen molar-refractivity contribution in [3.8, 4) is 0 Å². The van der Waals surface area contributed by atoms with Gasteiger partial charge in [-0.1, -0.05) is 23.9 Å². The maximum Gasteiger partial charge on any atom is 0.344 e. The van der Waals surface area contributed by atoms with E-state index < -0.39 is 5.97 Å². The first kappa shape index (κ1) is 20.2. The summed E-state index contributed by atoms with van der Waals surface area (Å²) in [6.45, 7) is 3.07. The number of aromatic nitrogens is 3. The van der Waals surface area contributed by atoms with Crippen LogP contribution in [0.3, 0.4) is 0 Å². The zero-order valence-corrected chi connectivity index (χ0v) is 16.3. The second-order valence-corrected chi connectivity index (χ2v) is 7.10. The molecule has 1 aromatic carbocycles. The Balaban J connectivity index is 1.61. The van der Waals surface area contributed by atoms with Crippen LogP contribution in [0.1, 0.15) is 30.1 Å². The number of anilines is 1. The fourth-order valence-electron chi connectivity index (χ4n) is 2.86. The molecular weight excluding hydrogens is 384 g/mol. The molecule has 10 heteroatoms. The Hall–Kier alpha value is -2.59. The van der Waals surface area contributed by atoms with Crippen LogP contribution >= 0.6 is 11.8 Å². The Morgan fingerprint density at radius 3 is 3.00 bits per heavy atom. The number of esters is 1. The zero-order chi connectivity index (χ0) is 19.9. The molecule has 0 bridgehead atoms. The number of benzene rings is 1. The standard InChI is InChI=1S/C18H22N4O5S/c1-2-26-16(24)13-7-3-4-8-14(13)19-15(23)11-28-18-21-20-17(25)22(18)10-12-6-5-9-27-12/h3-4,7-8,12H,2,5-6,9-11H2,1H3,(H,19,23)(H,20,25)/t12-/m0/s1. The molecule has 0 spiro atoms. The third-order valence-electron chi connectivity index (χ3n) is 4.16. The molecule has 1 amide bonds. The molecule has 1 aromatic heterocycles. The van der Waals surface area contributed by atoms with Crippen molar-refractivity contribution in [1.82, 2.24) is 14.8 Å². The zero-order valence-electron chi connectivity index (χ0n) is 15.5. The molecule has 28 heavy (non-hydrogen) atoms. The third kappa shape index (κ3) is 5.02. The van der Waals surface area contributed by atoms with Crippen molar-refractivity contribution in [2.24, 2.45) is 0 Å². The lowest BCUT2D eigenvalue weighted by Gasteiger charge is -2.12. The summed E-state index contributed by atoms with van der Waals surface area (Å²) in [5, 5.41) is 9.53. The summed E-state index contributed by atoms with van der Waals surface area (Å²) < 4.78 is 12.1. The van der Waals surface area contributed by atoms with Gasteiger partial charge in [-0.05, 0) is 31.9 Å². The van der Waals surface area contributed by atoms with E-state index in [1.807, 2.05) is 0 Å². The van der Waals surface area contributed by atoms with Gasteiger partial charge in [0.05, 0.1) is 36.3 Å². The fourth-order valence-corrected chi connectivity index (χ4v) is 3.62. The van der Waals surface area contributed by atoms with E-state index in [4.69, 9.17) is 9.47 Å². The van der Waals surface area contributed by atoms with E-state index in [0.717, 1.165) is 24.6 Å². The highest BCUT2D eigenvalue weighted by Gasteiger charge is 2.20. The average Bonchev–Trinajstić information content (AvgIpc) is 3.32. The van der Waals surface area contributed by atoms with Crippen LogP contribution < -0.4 is 11.0 Å². The Bertz CT molecular complexity index is 888. The van der Waals surface area contributed by atoms with Gasteiger partial charge in [0, 0.05) is 6.61 Å². The lowest BCUT2D eigenvalue weighted by molar-refractivity contribution is -0.113. The summed E-state index contributed by atoms with van der Waals surface area (Å²) in [4.78, 5) is 36.3. The molecular formula is C18H22N4O5S. The SMILES string of the molecule is CCOC(=O)c1ccccc1NC(=O)CSc1n[nH]c(=O)n1C[C@@H]1CCCO1. The second kappa shape index (κ2) is 9.56. The predicted molar refractivity (Wildman–Crippen MR) is 104 cm³/mol. The molecule has 0 unspecified atom stereocenters. The van der Waals surface area contributed by atoms with Crippen molar-refractivity contribution in [1.29, 1.82) is 0 Å². The number of thioether (sulfide) groups is 1. The van der Waals surface area contributed by atoms with E-state index in [2.05, 4.69) is 15.5 Å². The number of amides is 1. The Morgan fingerprint density at radius 1 is 1.43 bits per heavy atom. The maximum atomic E-state index is 12.3.